The third kappa shape index (κ3) is 4.47. The molecule has 0 spiro atoms. The summed E-state index contributed by atoms with van der Waals surface area (Å²) in [5.74, 6) is 0. The maximum Gasteiger partial charge on any atom is 0.124 e. The molecule has 0 bridgehead atoms. The molecule has 6 heteroatoms. The van der Waals surface area contributed by atoms with Gasteiger partial charge in [-0.15, -0.1) is 11.3 Å². The Bertz CT molecular complexity index is 2490. The number of hydrogen-bond donors (Lipinski definition) is 0. The van der Waals surface area contributed by atoms with E-state index < -0.39 is 0 Å². The van der Waals surface area contributed by atoms with E-state index in [9.17, 15) is 0 Å². The molecule has 4 aromatic carbocycles. The zero-order chi connectivity index (χ0) is 30.5. The summed E-state index contributed by atoms with van der Waals surface area (Å²) in [6, 6.07) is 42.8. The lowest BCUT2D eigenvalue weighted by atomic mass is 10.00. The van der Waals surface area contributed by atoms with Crippen molar-refractivity contribution in [3.05, 3.63) is 152 Å². The first-order valence-electron chi connectivity index (χ1n) is 15.1. The van der Waals surface area contributed by atoms with Crippen LogP contribution < -0.4 is 0 Å². The second-order valence-electron chi connectivity index (χ2n) is 11.2. The highest BCUT2D eigenvalue weighted by Gasteiger charge is 2.19. The van der Waals surface area contributed by atoms with Crippen molar-refractivity contribution in [2.45, 2.75) is 0 Å². The van der Waals surface area contributed by atoms with Crippen molar-refractivity contribution >= 4 is 43.4 Å². The predicted octanol–water partition coefficient (Wildman–Crippen LogP) is 10.2. The Morgan fingerprint density at radius 1 is 0.500 bits per heavy atom. The average Bonchev–Trinajstić information content (AvgIpc) is 3.71. The van der Waals surface area contributed by atoms with Gasteiger partial charge < -0.3 is 4.57 Å². The molecule has 46 heavy (non-hydrogen) atoms. The third-order valence-corrected chi connectivity index (χ3v) is 9.60. The van der Waals surface area contributed by atoms with Crippen molar-refractivity contribution in [2.75, 3.05) is 0 Å². The quantitative estimate of drug-likeness (QED) is 0.195. The van der Waals surface area contributed by atoms with E-state index in [4.69, 9.17) is 4.98 Å². The fourth-order valence-corrected chi connectivity index (χ4v) is 7.28. The summed E-state index contributed by atoms with van der Waals surface area (Å²) in [7, 11) is 0. The van der Waals surface area contributed by atoms with Gasteiger partial charge in [-0.3, -0.25) is 15.0 Å². The Labute approximate surface area is 269 Å². The SMILES string of the molecule is c1ccc(-c2ccc(-c3ccncc3)c(-n3c4ccc(-c5ccncc5)cc4c4ccc(-c5nc6ccccc6s5)cc43)c2)nc1. The minimum absolute atomic E-state index is 0.931. The highest BCUT2D eigenvalue weighted by molar-refractivity contribution is 7.21. The molecule has 0 aliphatic carbocycles. The number of para-hydroxylation sites is 1. The fraction of sp³-hybridized carbons (Fsp3) is 0. The Morgan fingerprint density at radius 3 is 2.07 bits per heavy atom. The third-order valence-electron chi connectivity index (χ3n) is 8.51. The highest BCUT2D eigenvalue weighted by Crippen LogP contribution is 2.41. The summed E-state index contributed by atoms with van der Waals surface area (Å²) < 4.78 is 3.59. The molecular formula is C40H25N5S. The van der Waals surface area contributed by atoms with Crippen LogP contribution in [-0.2, 0) is 0 Å². The molecule has 0 amide bonds. The van der Waals surface area contributed by atoms with Crippen LogP contribution in [-0.4, -0.2) is 24.5 Å². The van der Waals surface area contributed by atoms with E-state index in [2.05, 4.69) is 123 Å². The van der Waals surface area contributed by atoms with Gasteiger partial charge in [0.05, 0.1) is 32.6 Å². The number of fused-ring (bicyclic) bond motifs is 4. The number of nitrogens with zero attached hydrogens (tertiary/aromatic N) is 5. The minimum Gasteiger partial charge on any atom is -0.309 e. The topological polar surface area (TPSA) is 56.5 Å². The summed E-state index contributed by atoms with van der Waals surface area (Å²) in [6.07, 6.45) is 9.24. The van der Waals surface area contributed by atoms with Gasteiger partial charge in [-0.25, -0.2) is 4.98 Å². The normalized spacial score (nSPS) is 11.5. The van der Waals surface area contributed by atoms with Crippen LogP contribution in [0.3, 0.4) is 0 Å². The molecular weight excluding hydrogens is 583 g/mol. The molecule has 5 heterocycles. The van der Waals surface area contributed by atoms with Gasteiger partial charge in [-0.2, -0.15) is 0 Å². The summed E-state index contributed by atoms with van der Waals surface area (Å²) in [4.78, 5) is 18.2. The second kappa shape index (κ2) is 10.9. The predicted molar refractivity (Wildman–Crippen MR) is 189 cm³/mol. The van der Waals surface area contributed by atoms with Crippen LogP contribution in [0.1, 0.15) is 0 Å². The van der Waals surface area contributed by atoms with Crippen LogP contribution >= 0.6 is 11.3 Å². The number of benzene rings is 4. The zero-order valence-corrected chi connectivity index (χ0v) is 25.4. The molecule has 0 saturated heterocycles. The number of aromatic nitrogens is 5. The van der Waals surface area contributed by atoms with E-state index in [0.29, 0.717) is 0 Å². The zero-order valence-electron chi connectivity index (χ0n) is 24.6. The summed E-state index contributed by atoms with van der Waals surface area (Å²) >= 11 is 1.73. The molecule has 0 saturated carbocycles. The van der Waals surface area contributed by atoms with Gasteiger partial charge in [0.15, 0.2) is 0 Å². The molecule has 0 fully saturated rings. The molecule has 0 unspecified atom stereocenters. The van der Waals surface area contributed by atoms with Gasteiger partial charge in [-0.1, -0.05) is 48.5 Å². The Hall–Kier alpha value is -5.98. The molecule has 5 nitrogen and oxygen atoms in total. The molecule has 0 aliphatic heterocycles. The van der Waals surface area contributed by atoms with E-state index >= 15 is 0 Å². The number of rotatable bonds is 5. The summed E-state index contributed by atoms with van der Waals surface area (Å²) in [6.45, 7) is 0. The van der Waals surface area contributed by atoms with Gasteiger partial charge in [0, 0.05) is 58.4 Å². The largest absolute Gasteiger partial charge is 0.309 e. The first-order valence-corrected chi connectivity index (χ1v) is 15.9. The van der Waals surface area contributed by atoms with Crippen molar-refractivity contribution in [2.24, 2.45) is 0 Å². The molecule has 9 aromatic rings. The molecule has 0 atom stereocenters. The van der Waals surface area contributed by atoms with Crippen molar-refractivity contribution in [1.29, 1.82) is 0 Å². The minimum atomic E-state index is 0.931. The lowest BCUT2D eigenvalue weighted by Crippen LogP contribution is -1.99. The molecule has 5 aromatic heterocycles. The van der Waals surface area contributed by atoms with E-state index in [1.165, 1.54) is 15.5 Å². The first kappa shape index (κ1) is 26.4. The Balaban J connectivity index is 1.36. The summed E-state index contributed by atoms with van der Waals surface area (Å²) in [5.41, 5.74) is 11.9. The molecule has 216 valence electrons. The maximum absolute atomic E-state index is 5.01. The molecule has 0 N–H and O–H groups in total. The lowest BCUT2D eigenvalue weighted by Gasteiger charge is -2.16. The lowest BCUT2D eigenvalue weighted by molar-refractivity contribution is 1.18. The van der Waals surface area contributed by atoms with Crippen molar-refractivity contribution in [3.8, 4) is 49.8 Å². The van der Waals surface area contributed by atoms with E-state index in [-0.39, 0.29) is 0 Å². The van der Waals surface area contributed by atoms with Gasteiger partial charge in [0.2, 0.25) is 0 Å². The van der Waals surface area contributed by atoms with Crippen molar-refractivity contribution in [1.82, 2.24) is 24.5 Å². The standard InChI is InChI=1S/C40H25N5S/c1-2-7-39-35(6-1)44-40(46-39)30-9-12-32-33-23-28(26-14-19-41-20-15-26)10-13-36(33)45(38(32)25-30)37-24-29(34-5-3-4-18-43-34)8-11-31(37)27-16-21-42-22-17-27/h1-25H. The van der Waals surface area contributed by atoms with Gasteiger partial charge >= 0.3 is 0 Å². The second-order valence-corrected chi connectivity index (χ2v) is 12.2. The van der Waals surface area contributed by atoms with Gasteiger partial charge in [0.1, 0.15) is 5.01 Å². The first-order chi connectivity index (χ1) is 22.8. The monoisotopic (exact) mass is 607 g/mol. The van der Waals surface area contributed by atoms with Crippen LogP contribution in [0.15, 0.2) is 152 Å². The van der Waals surface area contributed by atoms with Gasteiger partial charge in [0.25, 0.3) is 0 Å². The Kier molecular flexibility index (Phi) is 6.25. The summed E-state index contributed by atoms with van der Waals surface area (Å²) in [5, 5.41) is 3.37. The van der Waals surface area contributed by atoms with E-state index in [0.717, 1.165) is 66.3 Å². The molecule has 0 radical (unpaired) electrons. The number of thiazole rings is 1. The number of pyridine rings is 3. The van der Waals surface area contributed by atoms with Crippen LogP contribution in [0.25, 0.3) is 81.8 Å². The smallest absolute Gasteiger partial charge is 0.124 e. The molecule has 9 rings (SSSR count). The Morgan fingerprint density at radius 2 is 1.26 bits per heavy atom. The van der Waals surface area contributed by atoms with E-state index in [1.807, 2.05) is 49.2 Å². The number of hydrogen-bond acceptors (Lipinski definition) is 5. The highest BCUT2D eigenvalue weighted by atomic mass is 32.1. The van der Waals surface area contributed by atoms with E-state index in [1.54, 1.807) is 11.3 Å². The van der Waals surface area contributed by atoms with Crippen molar-refractivity contribution in [3.63, 3.8) is 0 Å². The van der Waals surface area contributed by atoms with Crippen LogP contribution in [0, 0.1) is 0 Å². The average molecular weight is 608 g/mol. The fourth-order valence-electron chi connectivity index (χ4n) is 6.32. The van der Waals surface area contributed by atoms with Crippen LogP contribution in [0.5, 0.6) is 0 Å². The maximum atomic E-state index is 5.01. The van der Waals surface area contributed by atoms with Crippen LogP contribution in [0.4, 0.5) is 0 Å². The van der Waals surface area contributed by atoms with Crippen LogP contribution in [0.2, 0.25) is 0 Å². The van der Waals surface area contributed by atoms with Gasteiger partial charge in [-0.05, 0) is 89.5 Å². The van der Waals surface area contributed by atoms with Crippen molar-refractivity contribution < 1.29 is 0 Å². The molecule has 0 aliphatic rings.